The van der Waals surface area contributed by atoms with Crippen molar-refractivity contribution in [3.63, 3.8) is 0 Å². The molecule has 0 bridgehead atoms. The first-order valence-corrected chi connectivity index (χ1v) is 4.68. The fourth-order valence-corrected chi connectivity index (χ4v) is 0.962. The number of rotatable bonds is 7. The summed E-state index contributed by atoms with van der Waals surface area (Å²) in [5.41, 5.74) is 5.37. The highest BCUT2D eigenvalue weighted by Crippen LogP contribution is 1.92. The van der Waals surface area contributed by atoms with Gasteiger partial charge in [-0.25, -0.2) is 0 Å². The summed E-state index contributed by atoms with van der Waals surface area (Å²) in [5, 5.41) is 3.40. The SMILES string of the molecule is CC(C)CNCCCCCN. The fraction of sp³-hybridized carbons (Fsp3) is 1.00. The van der Waals surface area contributed by atoms with Gasteiger partial charge in [0.1, 0.15) is 0 Å². The molecule has 0 saturated carbocycles. The molecule has 2 heteroatoms. The third-order valence-electron chi connectivity index (χ3n) is 1.61. The summed E-state index contributed by atoms with van der Waals surface area (Å²) in [7, 11) is 0. The Kier molecular flexibility index (Phi) is 7.96. The van der Waals surface area contributed by atoms with Gasteiger partial charge in [0.2, 0.25) is 0 Å². The van der Waals surface area contributed by atoms with Crippen molar-refractivity contribution >= 4 is 0 Å². The van der Waals surface area contributed by atoms with E-state index in [4.69, 9.17) is 5.73 Å². The molecule has 0 heterocycles. The largest absolute Gasteiger partial charge is 0.330 e. The van der Waals surface area contributed by atoms with Gasteiger partial charge in [0.25, 0.3) is 0 Å². The Labute approximate surface area is 70.5 Å². The first-order valence-electron chi connectivity index (χ1n) is 4.68. The van der Waals surface area contributed by atoms with Crippen LogP contribution in [0.25, 0.3) is 0 Å². The Morgan fingerprint density at radius 1 is 1.18 bits per heavy atom. The third-order valence-corrected chi connectivity index (χ3v) is 1.61. The van der Waals surface area contributed by atoms with Crippen LogP contribution in [0.4, 0.5) is 0 Å². The highest BCUT2D eigenvalue weighted by Gasteiger charge is 1.91. The van der Waals surface area contributed by atoms with Crippen molar-refractivity contribution in [1.82, 2.24) is 5.32 Å². The van der Waals surface area contributed by atoms with Gasteiger partial charge in [-0.15, -0.1) is 0 Å². The van der Waals surface area contributed by atoms with Crippen LogP contribution in [0.2, 0.25) is 0 Å². The molecular formula is C9H22N2. The lowest BCUT2D eigenvalue weighted by Crippen LogP contribution is -2.20. The summed E-state index contributed by atoms with van der Waals surface area (Å²) in [6, 6.07) is 0. The maximum atomic E-state index is 5.37. The van der Waals surface area contributed by atoms with E-state index in [1.807, 2.05) is 0 Å². The molecule has 68 valence electrons. The summed E-state index contributed by atoms with van der Waals surface area (Å²) < 4.78 is 0. The zero-order chi connectivity index (χ0) is 8.53. The van der Waals surface area contributed by atoms with Crippen molar-refractivity contribution in [2.45, 2.75) is 33.1 Å². The second-order valence-corrected chi connectivity index (χ2v) is 3.45. The van der Waals surface area contributed by atoms with Crippen LogP contribution in [-0.2, 0) is 0 Å². The lowest BCUT2D eigenvalue weighted by molar-refractivity contribution is 0.531. The van der Waals surface area contributed by atoms with Crippen LogP contribution in [0.5, 0.6) is 0 Å². The fourth-order valence-electron chi connectivity index (χ4n) is 0.962. The second kappa shape index (κ2) is 8.02. The number of nitrogens with one attached hydrogen (secondary N) is 1. The van der Waals surface area contributed by atoms with Gasteiger partial charge in [-0.3, -0.25) is 0 Å². The van der Waals surface area contributed by atoms with Crippen LogP contribution < -0.4 is 11.1 Å². The minimum absolute atomic E-state index is 0.768. The van der Waals surface area contributed by atoms with Gasteiger partial charge in [-0.05, 0) is 38.4 Å². The number of unbranched alkanes of at least 4 members (excludes halogenated alkanes) is 2. The molecule has 0 aliphatic carbocycles. The first kappa shape index (κ1) is 10.9. The van der Waals surface area contributed by atoms with Crippen molar-refractivity contribution in [1.29, 1.82) is 0 Å². The van der Waals surface area contributed by atoms with Gasteiger partial charge in [0.05, 0.1) is 0 Å². The highest BCUT2D eigenvalue weighted by atomic mass is 14.8. The standard InChI is InChI=1S/C9H22N2/c1-9(2)8-11-7-5-3-4-6-10/h9,11H,3-8,10H2,1-2H3. The Morgan fingerprint density at radius 2 is 1.91 bits per heavy atom. The number of nitrogens with two attached hydrogens (primary N) is 1. The molecule has 0 rings (SSSR count). The molecule has 0 radical (unpaired) electrons. The molecule has 0 aliphatic heterocycles. The smallest absolute Gasteiger partial charge is 0.00258 e. The van der Waals surface area contributed by atoms with Crippen LogP contribution in [0, 0.1) is 5.92 Å². The second-order valence-electron chi connectivity index (χ2n) is 3.45. The molecule has 0 aromatic carbocycles. The molecule has 0 spiro atoms. The van der Waals surface area contributed by atoms with Gasteiger partial charge in [0, 0.05) is 0 Å². The van der Waals surface area contributed by atoms with Crippen molar-refractivity contribution in [3.05, 3.63) is 0 Å². The highest BCUT2D eigenvalue weighted by molar-refractivity contribution is 4.51. The van der Waals surface area contributed by atoms with Crippen LogP contribution in [-0.4, -0.2) is 19.6 Å². The van der Waals surface area contributed by atoms with E-state index in [1.165, 1.54) is 19.3 Å². The minimum atomic E-state index is 0.768. The third kappa shape index (κ3) is 9.92. The Balaban J connectivity index is 2.80. The topological polar surface area (TPSA) is 38.0 Å². The molecule has 11 heavy (non-hydrogen) atoms. The molecule has 0 atom stereocenters. The van der Waals surface area contributed by atoms with Crippen LogP contribution in [0.1, 0.15) is 33.1 Å². The lowest BCUT2D eigenvalue weighted by Gasteiger charge is -2.06. The summed E-state index contributed by atoms with van der Waals surface area (Å²) in [5.74, 6) is 0.768. The monoisotopic (exact) mass is 158 g/mol. The molecule has 3 N–H and O–H groups in total. The minimum Gasteiger partial charge on any atom is -0.330 e. The summed E-state index contributed by atoms with van der Waals surface area (Å²) in [6.07, 6.45) is 3.70. The molecule has 0 unspecified atom stereocenters. The van der Waals surface area contributed by atoms with Crippen molar-refractivity contribution in [2.75, 3.05) is 19.6 Å². The predicted molar refractivity (Wildman–Crippen MR) is 50.6 cm³/mol. The number of hydrogen-bond donors (Lipinski definition) is 2. The van der Waals surface area contributed by atoms with Crippen LogP contribution in [0.3, 0.4) is 0 Å². The van der Waals surface area contributed by atoms with E-state index >= 15 is 0 Å². The van der Waals surface area contributed by atoms with Crippen LogP contribution >= 0.6 is 0 Å². The van der Waals surface area contributed by atoms with E-state index < -0.39 is 0 Å². The molecule has 2 nitrogen and oxygen atoms in total. The van der Waals surface area contributed by atoms with E-state index in [9.17, 15) is 0 Å². The van der Waals surface area contributed by atoms with E-state index in [0.29, 0.717) is 0 Å². The maximum absolute atomic E-state index is 5.37. The number of hydrogen-bond acceptors (Lipinski definition) is 2. The molecule has 0 amide bonds. The van der Waals surface area contributed by atoms with E-state index in [0.717, 1.165) is 25.6 Å². The molecule has 0 fully saturated rings. The quantitative estimate of drug-likeness (QED) is 0.549. The molecular weight excluding hydrogens is 136 g/mol. The predicted octanol–water partition coefficient (Wildman–Crippen LogP) is 1.36. The Morgan fingerprint density at radius 3 is 2.45 bits per heavy atom. The van der Waals surface area contributed by atoms with E-state index in [1.54, 1.807) is 0 Å². The van der Waals surface area contributed by atoms with Crippen LogP contribution in [0.15, 0.2) is 0 Å². The summed E-state index contributed by atoms with van der Waals surface area (Å²) in [6.45, 7) is 7.59. The van der Waals surface area contributed by atoms with Crippen molar-refractivity contribution in [2.24, 2.45) is 11.7 Å². The lowest BCUT2D eigenvalue weighted by atomic mass is 10.2. The molecule has 0 aromatic rings. The van der Waals surface area contributed by atoms with Gasteiger partial charge in [0.15, 0.2) is 0 Å². The molecule has 0 saturated heterocycles. The maximum Gasteiger partial charge on any atom is -0.00258 e. The average molecular weight is 158 g/mol. The van der Waals surface area contributed by atoms with Gasteiger partial charge < -0.3 is 11.1 Å². The normalized spacial score (nSPS) is 10.9. The Hall–Kier alpha value is -0.0800. The molecule has 0 aromatic heterocycles. The Bertz CT molecular complexity index is 72.0. The van der Waals surface area contributed by atoms with Gasteiger partial charge in [-0.1, -0.05) is 20.3 Å². The summed E-state index contributed by atoms with van der Waals surface area (Å²) in [4.78, 5) is 0. The van der Waals surface area contributed by atoms with Crippen molar-refractivity contribution in [3.8, 4) is 0 Å². The zero-order valence-electron chi connectivity index (χ0n) is 7.90. The first-order chi connectivity index (χ1) is 5.27. The average Bonchev–Trinajstić information content (AvgIpc) is 1.96. The molecule has 0 aliphatic rings. The zero-order valence-corrected chi connectivity index (χ0v) is 7.90. The van der Waals surface area contributed by atoms with E-state index in [-0.39, 0.29) is 0 Å². The summed E-state index contributed by atoms with van der Waals surface area (Å²) >= 11 is 0. The van der Waals surface area contributed by atoms with Gasteiger partial charge in [-0.2, -0.15) is 0 Å². The van der Waals surface area contributed by atoms with Crippen molar-refractivity contribution < 1.29 is 0 Å². The van der Waals surface area contributed by atoms with Gasteiger partial charge >= 0.3 is 0 Å². The van der Waals surface area contributed by atoms with E-state index in [2.05, 4.69) is 19.2 Å².